The molecule has 1 fully saturated rings. The van der Waals surface area contributed by atoms with E-state index in [2.05, 4.69) is 0 Å². The average Bonchev–Trinajstić information content (AvgIpc) is 2.59. The summed E-state index contributed by atoms with van der Waals surface area (Å²) >= 11 is 0. The molecule has 0 atom stereocenters. The van der Waals surface area contributed by atoms with E-state index in [4.69, 9.17) is 9.47 Å². The maximum atomic E-state index is 13.0. The van der Waals surface area contributed by atoms with Crippen LogP contribution < -0.4 is 4.74 Å². The molecule has 1 aromatic carbocycles. The van der Waals surface area contributed by atoms with Crippen LogP contribution in [0.1, 0.15) is 37.8 Å². The van der Waals surface area contributed by atoms with E-state index in [9.17, 15) is 13.2 Å². The van der Waals surface area contributed by atoms with Gasteiger partial charge in [-0.3, -0.25) is 4.79 Å². The van der Waals surface area contributed by atoms with Crippen molar-refractivity contribution in [2.45, 2.75) is 45.4 Å². The zero-order valence-electron chi connectivity index (χ0n) is 15.4. The van der Waals surface area contributed by atoms with Gasteiger partial charge in [-0.05, 0) is 63.8 Å². The van der Waals surface area contributed by atoms with Crippen LogP contribution in [0.3, 0.4) is 0 Å². The van der Waals surface area contributed by atoms with Crippen LogP contribution >= 0.6 is 0 Å². The molecule has 7 heteroatoms. The molecular formula is C18H27NO5S. The molecule has 25 heavy (non-hydrogen) atoms. The van der Waals surface area contributed by atoms with Crippen LogP contribution in [0.25, 0.3) is 0 Å². The van der Waals surface area contributed by atoms with Crippen molar-refractivity contribution in [3.63, 3.8) is 0 Å². The Hall–Kier alpha value is -1.60. The summed E-state index contributed by atoms with van der Waals surface area (Å²) in [6.07, 6.45) is 0.986. The van der Waals surface area contributed by atoms with Gasteiger partial charge in [-0.15, -0.1) is 0 Å². The van der Waals surface area contributed by atoms with Crippen LogP contribution in [0.5, 0.6) is 5.75 Å². The van der Waals surface area contributed by atoms with Gasteiger partial charge in [-0.2, -0.15) is 4.31 Å². The van der Waals surface area contributed by atoms with E-state index in [0.29, 0.717) is 55.4 Å². The lowest BCUT2D eigenvalue weighted by molar-refractivity contribution is -0.149. The maximum Gasteiger partial charge on any atom is 0.309 e. The van der Waals surface area contributed by atoms with Gasteiger partial charge in [-0.25, -0.2) is 8.42 Å². The molecule has 0 spiro atoms. The molecule has 0 aromatic heterocycles. The van der Waals surface area contributed by atoms with Crippen LogP contribution in [-0.4, -0.2) is 45.0 Å². The van der Waals surface area contributed by atoms with E-state index < -0.39 is 10.0 Å². The van der Waals surface area contributed by atoms with E-state index in [1.807, 2.05) is 13.8 Å². The summed E-state index contributed by atoms with van der Waals surface area (Å²) in [5.74, 6) is 0.266. The average molecular weight is 369 g/mol. The summed E-state index contributed by atoms with van der Waals surface area (Å²) in [5.41, 5.74) is 1.54. The second-order valence-electron chi connectivity index (χ2n) is 6.18. The first-order chi connectivity index (χ1) is 11.8. The number of benzene rings is 1. The first-order valence-electron chi connectivity index (χ1n) is 8.72. The molecule has 0 radical (unpaired) electrons. The van der Waals surface area contributed by atoms with Crippen molar-refractivity contribution >= 4 is 16.0 Å². The molecular weight excluding hydrogens is 342 g/mol. The van der Waals surface area contributed by atoms with Crippen molar-refractivity contribution < 1.29 is 22.7 Å². The molecule has 1 aliphatic heterocycles. The Bertz CT molecular complexity index is 721. The Morgan fingerprint density at radius 1 is 1.12 bits per heavy atom. The molecule has 2 rings (SSSR count). The van der Waals surface area contributed by atoms with E-state index in [0.717, 1.165) is 5.56 Å². The minimum Gasteiger partial charge on any atom is -0.494 e. The van der Waals surface area contributed by atoms with Crippen molar-refractivity contribution in [3.05, 3.63) is 23.3 Å². The van der Waals surface area contributed by atoms with Gasteiger partial charge < -0.3 is 9.47 Å². The lowest BCUT2D eigenvalue weighted by Crippen LogP contribution is -2.40. The Morgan fingerprint density at radius 2 is 1.76 bits per heavy atom. The summed E-state index contributed by atoms with van der Waals surface area (Å²) in [4.78, 5) is 12.1. The highest BCUT2D eigenvalue weighted by Gasteiger charge is 2.33. The third-order valence-electron chi connectivity index (χ3n) is 4.68. The second kappa shape index (κ2) is 8.19. The molecule has 0 saturated carbocycles. The number of nitrogens with zero attached hydrogens (tertiary/aromatic N) is 1. The summed E-state index contributed by atoms with van der Waals surface area (Å²) in [6.45, 7) is 8.88. The van der Waals surface area contributed by atoms with Crippen molar-refractivity contribution in [1.82, 2.24) is 4.31 Å². The first kappa shape index (κ1) is 19.7. The van der Waals surface area contributed by atoms with Crippen molar-refractivity contribution in [1.29, 1.82) is 0 Å². The van der Waals surface area contributed by atoms with E-state index in [1.54, 1.807) is 26.0 Å². The Labute approximate surface area is 150 Å². The van der Waals surface area contributed by atoms with Crippen LogP contribution in [0.4, 0.5) is 0 Å². The monoisotopic (exact) mass is 369 g/mol. The summed E-state index contributed by atoms with van der Waals surface area (Å²) in [6, 6.07) is 3.32. The van der Waals surface area contributed by atoms with Crippen LogP contribution in [0.2, 0.25) is 0 Å². The van der Waals surface area contributed by atoms with E-state index in [1.165, 1.54) is 4.31 Å². The van der Waals surface area contributed by atoms with Gasteiger partial charge in [-0.1, -0.05) is 0 Å². The lowest BCUT2D eigenvalue weighted by atomic mass is 9.98. The molecule has 0 bridgehead atoms. The molecule has 0 unspecified atom stereocenters. The Morgan fingerprint density at radius 3 is 2.32 bits per heavy atom. The quantitative estimate of drug-likeness (QED) is 0.721. The number of hydrogen-bond acceptors (Lipinski definition) is 5. The third-order valence-corrected chi connectivity index (χ3v) is 6.72. The largest absolute Gasteiger partial charge is 0.494 e. The SMILES string of the molecule is CCOC(=O)C1CCN(S(=O)(=O)c2ccc(OCC)c(C)c2C)CC1. The summed E-state index contributed by atoms with van der Waals surface area (Å²) in [5, 5.41) is 0. The number of rotatable bonds is 6. The van der Waals surface area contributed by atoms with E-state index in [-0.39, 0.29) is 11.9 Å². The minimum absolute atomic E-state index is 0.213. The van der Waals surface area contributed by atoms with Crippen molar-refractivity contribution in [2.75, 3.05) is 26.3 Å². The van der Waals surface area contributed by atoms with Crippen molar-refractivity contribution in [2.24, 2.45) is 5.92 Å². The maximum absolute atomic E-state index is 13.0. The fraction of sp³-hybridized carbons (Fsp3) is 0.611. The molecule has 0 N–H and O–H groups in total. The molecule has 0 aliphatic carbocycles. The number of piperidine rings is 1. The fourth-order valence-corrected chi connectivity index (χ4v) is 4.84. The third kappa shape index (κ3) is 4.15. The van der Waals surface area contributed by atoms with Gasteiger partial charge in [0.15, 0.2) is 0 Å². The summed E-state index contributed by atoms with van der Waals surface area (Å²) in [7, 11) is -3.58. The molecule has 1 aromatic rings. The number of ether oxygens (including phenoxy) is 2. The standard InChI is InChI=1S/C18H27NO5S/c1-5-23-16-7-8-17(14(4)13(16)3)25(21,22)19-11-9-15(10-12-19)18(20)24-6-2/h7-8,15H,5-6,9-12H2,1-4H3. The molecule has 6 nitrogen and oxygen atoms in total. The topological polar surface area (TPSA) is 72.9 Å². The van der Waals surface area contributed by atoms with Crippen LogP contribution in [-0.2, 0) is 19.6 Å². The van der Waals surface area contributed by atoms with Crippen molar-refractivity contribution in [3.8, 4) is 5.75 Å². The molecule has 1 heterocycles. The first-order valence-corrected chi connectivity index (χ1v) is 10.2. The summed E-state index contributed by atoms with van der Waals surface area (Å²) < 4.78 is 38.0. The van der Waals surface area contributed by atoms with Gasteiger partial charge >= 0.3 is 5.97 Å². The zero-order valence-corrected chi connectivity index (χ0v) is 16.2. The van der Waals surface area contributed by atoms with Gasteiger partial charge in [0, 0.05) is 13.1 Å². The number of carbonyl (C=O) groups is 1. The molecule has 0 amide bonds. The molecule has 1 saturated heterocycles. The second-order valence-corrected chi connectivity index (χ2v) is 8.08. The highest BCUT2D eigenvalue weighted by atomic mass is 32.2. The molecule has 140 valence electrons. The minimum atomic E-state index is -3.58. The van der Waals surface area contributed by atoms with E-state index >= 15 is 0 Å². The number of esters is 1. The Balaban J connectivity index is 2.18. The predicted molar refractivity (Wildman–Crippen MR) is 95.2 cm³/mol. The fourth-order valence-electron chi connectivity index (χ4n) is 3.09. The van der Waals surface area contributed by atoms with Gasteiger partial charge in [0.05, 0.1) is 24.0 Å². The highest BCUT2D eigenvalue weighted by molar-refractivity contribution is 7.89. The van der Waals surface area contributed by atoms with Gasteiger partial charge in [0.2, 0.25) is 10.0 Å². The number of hydrogen-bond donors (Lipinski definition) is 0. The number of sulfonamides is 1. The Kier molecular flexibility index (Phi) is 6.46. The smallest absolute Gasteiger partial charge is 0.309 e. The van der Waals surface area contributed by atoms with Crippen LogP contribution in [0, 0.1) is 19.8 Å². The van der Waals surface area contributed by atoms with Gasteiger partial charge in [0.25, 0.3) is 0 Å². The lowest BCUT2D eigenvalue weighted by Gasteiger charge is -2.30. The highest BCUT2D eigenvalue weighted by Crippen LogP contribution is 2.31. The van der Waals surface area contributed by atoms with Gasteiger partial charge in [0.1, 0.15) is 5.75 Å². The number of carbonyl (C=O) groups excluding carboxylic acids is 1. The molecule has 1 aliphatic rings. The normalized spacial score (nSPS) is 16.6. The zero-order chi connectivity index (χ0) is 18.6. The predicted octanol–water partition coefficient (Wildman–Crippen LogP) is 2.67. The van der Waals surface area contributed by atoms with Crippen LogP contribution in [0.15, 0.2) is 17.0 Å².